The van der Waals surface area contributed by atoms with E-state index in [9.17, 15) is 0 Å². The number of thiophene rings is 1. The normalized spacial score (nSPS) is 26.1. The summed E-state index contributed by atoms with van der Waals surface area (Å²) in [5.41, 5.74) is 1.03. The highest BCUT2D eigenvalue weighted by molar-refractivity contribution is 7.10. The van der Waals surface area contributed by atoms with Gasteiger partial charge in [0.25, 0.3) is 0 Å². The first kappa shape index (κ1) is 15.6. The van der Waals surface area contributed by atoms with E-state index in [2.05, 4.69) is 37.1 Å². The molecular weight excluding hydrogens is 268 g/mol. The fourth-order valence-corrected chi connectivity index (χ4v) is 3.33. The van der Waals surface area contributed by atoms with Crippen LogP contribution in [0.4, 0.5) is 0 Å². The molecule has 110 valence electrons. The molecule has 1 aromatic rings. The topological polar surface area (TPSA) is 29.5 Å². The number of ether oxygens (including phenoxy) is 1. The van der Waals surface area contributed by atoms with Crippen molar-refractivity contribution in [1.29, 1.82) is 0 Å². The minimum absolute atomic E-state index is 0.130. The Hall–Kier alpha value is -0.820. The van der Waals surface area contributed by atoms with Crippen molar-refractivity contribution < 1.29 is 9.84 Å². The second kappa shape index (κ2) is 7.83. The molecule has 20 heavy (non-hydrogen) atoms. The molecule has 0 aliphatic heterocycles. The van der Waals surface area contributed by atoms with Crippen LogP contribution in [0.25, 0.3) is 0 Å². The third-order valence-electron chi connectivity index (χ3n) is 4.13. The molecule has 1 fully saturated rings. The number of hydrogen-bond donors (Lipinski definition) is 1. The zero-order valence-electron chi connectivity index (χ0n) is 12.4. The van der Waals surface area contributed by atoms with Crippen LogP contribution in [0.5, 0.6) is 0 Å². The van der Waals surface area contributed by atoms with Crippen LogP contribution in [0.3, 0.4) is 0 Å². The van der Waals surface area contributed by atoms with E-state index in [0.29, 0.717) is 19.1 Å². The molecule has 1 N–H and O–H groups in total. The molecule has 1 saturated carbocycles. The van der Waals surface area contributed by atoms with Gasteiger partial charge >= 0.3 is 0 Å². The Morgan fingerprint density at radius 3 is 2.95 bits per heavy atom. The summed E-state index contributed by atoms with van der Waals surface area (Å²) < 4.78 is 6.05. The molecule has 1 heterocycles. The van der Waals surface area contributed by atoms with Crippen molar-refractivity contribution in [2.75, 3.05) is 6.61 Å². The zero-order chi connectivity index (χ0) is 14.4. The van der Waals surface area contributed by atoms with Crippen LogP contribution in [-0.2, 0) is 11.3 Å². The average Bonchev–Trinajstić information content (AvgIpc) is 2.88. The first-order valence-electron chi connectivity index (χ1n) is 7.47. The molecule has 0 aromatic carbocycles. The van der Waals surface area contributed by atoms with E-state index >= 15 is 0 Å². The van der Waals surface area contributed by atoms with Crippen molar-refractivity contribution in [2.45, 2.75) is 52.2 Å². The number of hydrogen-bond acceptors (Lipinski definition) is 3. The predicted octanol–water partition coefficient (Wildman–Crippen LogP) is 3.82. The van der Waals surface area contributed by atoms with Crippen molar-refractivity contribution in [1.82, 2.24) is 0 Å². The molecule has 2 rings (SSSR count). The Morgan fingerprint density at radius 1 is 1.35 bits per heavy atom. The quantitative estimate of drug-likeness (QED) is 0.855. The summed E-state index contributed by atoms with van der Waals surface area (Å²) in [6.45, 7) is 5.52. The minimum Gasteiger partial charge on any atom is -0.395 e. The van der Waals surface area contributed by atoms with E-state index in [-0.39, 0.29) is 6.61 Å². The molecule has 0 bridgehead atoms. The molecule has 1 aliphatic carbocycles. The SMILES string of the molecule is CC1CCC(OCc2cc(C#CCCO)cs2)CC1C. The number of aliphatic hydroxyl groups excluding tert-OH is 1. The summed E-state index contributed by atoms with van der Waals surface area (Å²) in [6.07, 6.45) is 4.64. The van der Waals surface area contributed by atoms with Crippen LogP contribution in [-0.4, -0.2) is 17.8 Å². The van der Waals surface area contributed by atoms with Crippen molar-refractivity contribution in [3.63, 3.8) is 0 Å². The zero-order valence-corrected chi connectivity index (χ0v) is 13.2. The molecule has 3 unspecified atom stereocenters. The van der Waals surface area contributed by atoms with Crippen LogP contribution in [0.15, 0.2) is 11.4 Å². The van der Waals surface area contributed by atoms with Gasteiger partial charge in [-0.25, -0.2) is 0 Å². The van der Waals surface area contributed by atoms with Crippen molar-refractivity contribution in [3.05, 3.63) is 21.9 Å². The first-order valence-corrected chi connectivity index (χ1v) is 8.35. The highest BCUT2D eigenvalue weighted by Crippen LogP contribution is 2.31. The van der Waals surface area contributed by atoms with Crippen LogP contribution in [0.2, 0.25) is 0 Å². The summed E-state index contributed by atoms with van der Waals surface area (Å²) >= 11 is 1.71. The third kappa shape index (κ3) is 4.63. The molecule has 1 aliphatic rings. The summed E-state index contributed by atoms with van der Waals surface area (Å²) in [6, 6.07) is 2.10. The maximum atomic E-state index is 8.70. The Bertz CT molecular complexity index is 469. The highest BCUT2D eigenvalue weighted by Gasteiger charge is 2.24. The van der Waals surface area contributed by atoms with Crippen LogP contribution < -0.4 is 0 Å². The van der Waals surface area contributed by atoms with Gasteiger partial charge in [0.15, 0.2) is 0 Å². The van der Waals surface area contributed by atoms with E-state index in [1.165, 1.54) is 24.1 Å². The van der Waals surface area contributed by atoms with Crippen LogP contribution in [0.1, 0.15) is 50.0 Å². The molecule has 3 atom stereocenters. The lowest BCUT2D eigenvalue weighted by Gasteiger charge is -2.31. The minimum atomic E-state index is 0.130. The lowest BCUT2D eigenvalue weighted by atomic mass is 9.80. The predicted molar refractivity (Wildman–Crippen MR) is 83.7 cm³/mol. The molecule has 0 radical (unpaired) electrons. The molecule has 0 amide bonds. The van der Waals surface area contributed by atoms with Crippen LogP contribution >= 0.6 is 11.3 Å². The second-order valence-electron chi connectivity index (χ2n) is 5.78. The Labute approximate surface area is 126 Å². The van der Waals surface area contributed by atoms with Gasteiger partial charge in [-0.2, -0.15) is 0 Å². The molecule has 2 nitrogen and oxygen atoms in total. The van der Waals surface area contributed by atoms with Gasteiger partial charge in [-0.15, -0.1) is 11.3 Å². The summed E-state index contributed by atoms with van der Waals surface area (Å²) in [5, 5.41) is 10.8. The molecular formula is C17H24O2S. The van der Waals surface area contributed by atoms with Gasteiger partial charge in [0, 0.05) is 22.2 Å². The maximum absolute atomic E-state index is 8.70. The molecule has 3 heteroatoms. The number of aliphatic hydroxyl groups is 1. The van der Waals surface area contributed by atoms with Gasteiger partial charge in [-0.05, 0) is 37.2 Å². The Kier molecular flexibility index (Phi) is 6.09. The van der Waals surface area contributed by atoms with Crippen molar-refractivity contribution in [2.24, 2.45) is 11.8 Å². The number of rotatable bonds is 4. The summed E-state index contributed by atoms with van der Waals surface area (Å²) in [4.78, 5) is 1.24. The fourth-order valence-electron chi connectivity index (χ4n) is 2.59. The maximum Gasteiger partial charge on any atom is 0.0813 e. The van der Waals surface area contributed by atoms with Gasteiger partial charge in [0.05, 0.1) is 19.3 Å². The Balaban J connectivity index is 1.79. The van der Waals surface area contributed by atoms with Gasteiger partial charge in [-0.3, -0.25) is 0 Å². The summed E-state index contributed by atoms with van der Waals surface area (Å²) in [5.74, 6) is 7.62. The lowest BCUT2D eigenvalue weighted by molar-refractivity contribution is -0.00634. The van der Waals surface area contributed by atoms with E-state index in [1.54, 1.807) is 11.3 Å². The second-order valence-corrected chi connectivity index (χ2v) is 6.77. The van der Waals surface area contributed by atoms with E-state index in [4.69, 9.17) is 9.84 Å². The monoisotopic (exact) mass is 292 g/mol. The fraction of sp³-hybridized carbons (Fsp3) is 0.647. The first-order chi connectivity index (χ1) is 9.69. The average molecular weight is 292 g/mol. The molecule has 1 aromatic heterocycles. The lowest BCUT2D eigenvalue weighted by Crippen LogP contribution is -2.26. The highest BCUT2D eigenvalue weighted by atomic mass is 32.1. The molecule has 0 saturated heterocycles. The van der Waals surface area contributed by atoms with E-state index < -0.39 is 0 Å². The largest absolute Gasteiger partial charge is 0.395 e. The smallest absolute Gasteiger partial charge is 0.0813 e. The van der Waals surface area contributed by atoms with Gasteiger partial charge in [-0.1, -0.05) is 25.7 Å². The van der Waals surface area contributed by atoms with Gasteiger partial charge in [0.1, 0.15) is 0 Å². The Morgan fingerprint density at radius 2 is 2.20 bits per heavy atom. The van der Waals surface area contributed by atoms with Gasteiger partial charge in [0.2, 0.25) is 0 Å². The van der Waals surface area contributed by atoms with E-state index in [1.807, 2.05) is 0 Å². The molecule has 0 spiro atoms. The van der Waals surface area contributed by atoms with Crippen LogP contribution in [0, 0.1) is 23.7 Å². The van der Waals surface area contributed by atoms with Crippen molar-refractivity contribution in [3.8, 4) is 11.8 Å². The third-order valence-corrected chi connectivity index (χ3v) is 5.04. The van der Waals surface area contributed by atoms with Gasteiger partial charge < -0.3 is 9.84 Å². The standard InChI is InChI=1S/C17H24O2S/c1-13-6-7-16(9-14(13)2)19-11-17-10-15(12-20-17)5-3-4-8-18/h10,12-14,16,18H,4,6-9,11H2,1-2H3. The van der Waals surface area contributed by atoms with Crippen molar-refractivity contribution >= 4 is 11.3 Å². The summed E-state index contributed by atoms with van der Waals surface area (Å²) in [7, 11) is 0. The van der Waals surface area contributed by atoms with E-state index in [0.717, 1.165) is 17.4 Å².